The van der Waals surface area contributed by atoms with Crippen LogP contribution in [0, 0.1) is 0 Å². The van der Waals surface area contributed by atoms with Crippen molar-refractivity contribution in [3.63, 3.8) is 0 Å². The third kappa shape index (κ3) is 5.31. The van der Waals surface area contributed by atoms with E-state index in [2.05, 4.69) is 24.3 Å². The number of benzene rings is 3. The van der Waals surface area contributed by atoms with Gasteiger partial charge in [-0.25, -0.2) is 14.8 Å². The Kier molecular flexibility index (Phi) is 7.61. The summed E-state index contributed by atoms with van der Waals surface area (Å²) in [6.45, 7) is 0. The summed E-state index contributed by atoms with van der Waals surface area (Å²) in [5.74, 6) is -0.975. The van der Waals surface area contributed by atoms with Crippen LogP contribution in [0.4, 0.5) is 0 Å². The molecule has 5 heterocycles. The molecule has 214 valence electrons. The Morgan fingerprint density at radius 1 is 0.522 bits per heavy atom. The van der Waals surface area contributed by atoms with Gasteiger partial charge in [-0.1, -0.05) is 103 Å². The monoisotopic (exact) mass is 644 g/mol. The van der Waals surface area contributed by atoms with Crippen molar-refractivity contribution in [1.29, 1.82) is 0 Å². The molecule has 2 aliphatic rings. The van der Waals surface area contributed by atoms with E-state index in [1.54, 1.807) is 12.1 Å². The molecule has 2 aliphatic heterocycles. The smallest absolute Gasteiger partial charge is 0.657 e. The van der Waals surface area contributed by atoms with Gasteiger partial charge >= 0.3 is 25.4 Å². The number of carboxylic acid groups (broad SMARTS) is 1. The second-order valence-corrected chi connectivity index (χ2v) is 10.8. The second-order valence-electron chi connectivity index (χ2n) is 10.8. The fraction of sp³-hybridized carbons (Fsp3) is 0. The van der Waals surface area contributed by atoms with E-state index in [1.807, 2.05) is 103 Å². The van der Waals surface area contributed by atoms with Gasteiger partial charge in [0.1, 0.15) is 0 Å². The molecule has 0 saturated carbocycles. The van der Waals surface area contributed by atoms with Crippen LogP contribution in [-0.2, 0) is 19.5 Å². The Bertz CT molecular complexity index is 2300. The summed E-state index contributed by atoms with van der Waals surface area (Å²) in [6, 6.07) is 37.1. The topological polar surface area (TPSA) is 91.3 Å². The summed E-state index contributed by atoms with van der Waals surface area (Å²) in [6.07, 6.45) is 8.03. The summed E-state index contributed by atoms with van der Waals surface area (Å²) < 4.78 is 0. The molecule has 0 fully saturated rings. The third-order valence-corrected chi connectivity index (χ3v) is 7.98. The van der Waals surface area contributed by atoms with E-state index in [-0.39, 0.29) is 25.0 Å². The minimum atomic E-state index is -0.975. The van der Waals surface area contributed by atoms with Crippen LogP contribution in [0.2, 0.25) is 0 Å². The van der Waals surface area contributed by atoms with E-state index in [0.29, 0.717) is 0 Å². The van der Waals surface area contributed by atoms with Gasteiger partial charge in [-0.2, -0.15) is 0 Å². The first kappa shape index (κ1) is 29.1. The van der Waals surface area contributed by atoms with E-state index in [9.17, 15) is 9.90 Å². The molecule has 8 rings (SSSR count). The van der Waals surface area contributed by atoms with Crippen LogP contribution in [-0.4, -0.2) is 21.0 Å². The van der Waals surface area contributed by atoms with Crippen LogP contribution in [0.25, 0.3) is 79.8 Å². The Morgan fingerprint density at radius 3 is 1.57 bits per heavy atom. The van der Waals surface area contributed by atoms with E-state index in [0.717, 1.165) is 78.2 Å². The average molecular weight is 646 g/mol. The summed E-state index contributed by atoms with van der Waals surface area (Å²) in [4.78, 5) is 32.0. The molecule has 6 nitrogen and oxygen atoms in total. The number of carboxylic acids is 1. The molecule has 8 bridgehead atoms. The number of carbonyl (C=O) groups is 1. The number of fused-ring (bicyclic) bond motifs is 8. The molecule has 0 atom stereocenters. The van der Waals surface area contributed by atoms with Crippen molar-refractivity contribution in [3.8, 4) is 33.4 Å². The number of aromatic carboxylic acids is 1. The maximum atomic E-state index is 11.6. The van der Waals surface area contributed by atoms with Crippen molar-refractivity contribution in [1.82, 2.24) is 19.9 Å². The summed E-state index contributed by atoms with van der Waals surface area (Å²) in [5, 5.41) is 9.55. The number of hydrogen-bond acceptors (Lipinski definition) is 3. The fourth-order valence-electron chi connectivity index (χ4n) is 5.90. The summed E-state index contributed by atoms with van der Waals surface area (Å²) in [7, 11) is 0. The van der Waals surface area contributed by atoms with Gasteiger partial charge in [-0.05, 0) is 69.8 Å². The molecule has 0 aliphatic carbocycles. The predicted octanol–water partition coefficient (Wildman–Crippen LogP) is 8.61. The van der Waals surface area contributed by atoms with Crippen LogP contribution in [0.5, 0.6) is 0 Å². The fourth-order valence-corrected chi connectivity index (χ4v) is 5.90. The Hall–Kier alpha value is -5.65. The first-order valence-electron chi connectivity index (χ1n) is 14.6. The number of rotatable bonds is 4. The summed E-state index contributed by atoms with van der Waals surface area (Å²) >= 11 is 0. The zero-order chi connectivity index (χ0) is 30.3. The van der Waals surface area contributed by atoms with E-state index in [4.69, 9.17) is 19.9 Å². The molecule has 6 aromatic rings. The maximum absolute atomic E-state index is 11.6. The SMILES string of the molecule is O=C(O)c1ccc(-c2c3nc(c(-c4ccccc4)c4ccc(cc5nc(c(-c6ccccc6)c6ccc2[n-]6)C=C5)[n-]4)C=C3)cc1.[Zn+2]. The first-order valence-corrected chi connectivity index (χ1v) is 14.6. The molecule has 0 amide bonds. The van der Waals surface area contributed by atoms with Crippen molar-refractivity contribution < 1.29 is 29.4 Å². The van der Waals surface area contributed by atoms with Gasteiger partial charge < -0.3 is 15.1 Å². The van der Waals surface area contributed by atoms with Crippen LogP contribution < -0.4 is 9.97 Å². The van der Waals surface area contributed by atoms with Gasteiger partial charge in [0.05, 0.1) is 28.3 Å². The zero-order valence-electron chi connectivity index (χ0n) is 24.6. The molecule has 0 spiro atoms. The van der Waals surface area contributed by atoms with Crippen molar-refractivity contribution in [2.75, 3.05) is 0 Å². The standard InChI is InChI=1S/C39H25N4O2.Zn/c44-39(45)27-13-11-26(12-14-27)38-34-21-19-32(42-34)36(24-7-3-1-4-8-24)30-17-15-28(40-30)23-29-16-18-31(41-29)37(25-9-5-2-6-10-25)33-20-22-35(38)43-33;/h1-23H,(H2-,40,41,42,43,44,45);/q-1;+2/p-1. The van der Waals surface area contributed by atoms with Gasteiger partial charge in [-0.3, -0.25) is 0 Å². The van der Waals surface area contributed by atoms with E-state index in [1.165, 1.54) is 0 Å². The van der Waals surface area contributed by atoms with Gasteiger partial charge in [0.2, 0.25) is 0 Å². The normalized spacial score (nSPS) is 11.7. The molecule has 0 radical (unpaired) electrons. The van der Waals surface area contributed by atoms with E-state index < -0.39 is 5.97 Å². The number of hydrogen-bond donors (Lipinski definition) is 1. The van der Waals surface area contributed by atoms with Crippen molar-refractivity contribution in [2.24, 2.45) is 0 Å². The molecule has 7 heteroatoms. The number of nitrogens with zero attached hydrogens (tertiary/aromatic N) is 4. The average Bonchev–Trinajstić information content (AvgIpc) is 3.90. The summed E-state index contributed by atoms with van der Waals surface area (Å²) in [5.41, 5.74) is 11.9. The molecular weight excluding hydrogens is 622 g/mol. The first-order chi connectivity index (χ1) is 22.1. The van der Waals surface area contributed by atoms with Crippen molar-refractivity contribution in [3.05, 3.63) is 144 Å². The molecule has 3 aromatic carbocycles. The minimum Gasteiger partial charge on any atom is -0.657 e. The quantitative estimate of drug-likeness (QED) is 0.193. The minimum absolute atomic E-state index is 0. The largest absolute Gasteiger partial charge is 2.00 e. The zero-order valence-corrected chi connectivity index (χ0v) is 27.6. The van der Waals surface area contributed by atoms with Gasteiger partial charge in [0.25, 0.3) is 0 Å². The Balaban J connectivity index is 0.00000338. The molecular formula is C39H24N4O2Zn. The molecule has 46 heavy (non-hydrogen) atoms. The van der Waals surface area contributed by atoms with Gasteiger partial charge in [0.15, 0.2) is 0 Å². The van der Waals surface area contributed by atoms with Gasteiger partial charge in [-0.15, -0.1) is 22.1 Å². The molecule has 1 N–H and O–H groups in total. The molecule has 3 aromatic heterocycles. The molecule has 0 saturated heterocycles. The van der Waals surface area contributed by atoms with Crippen LogP contribution >= 0.6 is 0 Å². The van der Waals surface area contributed by atoms with E-state index >= 15 is 0 Å². The van der Waals surface area contributed by atoms with Crippen LogP contribution in [0.1, 0.15) is 33.1 Å². The maximum Gasteiger partial charge on any atom is 2.00 e. The number of aromatic nitrogens is 4. The van der Waals surface area contributed by atoms with Crippen LogP contribution in [0.3, 0.4) is 0 Å². The van der Waals surface area contributed by atoms with Gasteiger partial charge in [0, 0.05) is 0 Å². The second kappa shape index (κ2) is 12.0. The predicted molar refractivity (Wildman–Crippen MR) is 180 cm³/mol. The Morgan fingerprint density at radius 2 is 1.00 bits per heavy atom. The Labute approximate surface area is 277 Å². The van der Waals surface area contributed by atoms with Crippen LogP contribution in [0.15, 0.2) is 115 Å². The van der Waals surface area contributed by atoms with Crippen molar-refractivity contribution in [2.45, 2.75) is 0 Å². The van der Waals surface area contributed by atoms with Crippen molar-refractivity contribution >= 4 is 52.3 Å². The third-order valence-electron chi connectivity index (χ3n) is 7.98. The molecule has 0 unspecified atom stereocenters.